The van der Waals surface area contributed by atoms with Gasteiger partial charge in [-0.1, -0.05) is 231 Å². The van der Waals surface area contributed by atoms with Gasteiger partial charge in [-0.25, -0.2) is 4.57 Å². The number of carbonyl (C=O) groups excluding carboxylic acids is 1. The molecule has 0 fully saturated rings. The molecule has 0 saturated carbocycles. The molecule has 8 nitrogen and oxygen atoms in total. The molecule has 60 heavy (non-hydrogen) atoms. The van der Waals surface area contributed by atoms with Gasteiger partial charge in [0.2, 0.25) is 5.91 Å². The number of hydrogen-bond donors (Lipinski definition) is 3. The van der Waals surface area contributed by atoms with Crippen LogP contribution in [0.2, 0.25) is 0 Å². The summed E-state index contributed by atoms with van der Waals surface area (Å²) in [6.45, 7) is 4.80. The molecule has 9 heteroatoms. The fraction of sp³-hybridized carbons (Fsp3) is 0.902. The number of phosphoric ester groups is 1. The molecule has 0 aliphatic heterocycles. The lowest BCUT2D eigenvalue weighted by atomic mass is 10.0. The summed E-state index contributed by atoms with van der Waals surface area (Å²) in [4.78, 5) is 23.2. The first kappa shape index (κ1) is 59.0. The van der Waals surface area contributed by atoms with E-state index in [4.69, 9.17) is 9.05 Å². The van der Waals surface area contributed by atoms with Gasteiger partial charge in [-0.2, -0.15) is 0 Å². The fourth-order valence-corrected chi connectivity index (χ4v) is 8.32. The third-order valence-corrected chi connectivity index (χ3v) is 12.7. The zero-order valence-electron chi connectivity index (χ0n) is 40.5. The summed E-state index contributed by atoms with van der Waals surface area (Å²) in [7, 11) is 1.56. The maximum absolute atomic E-state index is 12.9. The van der Waals surface area contributed by atoms with Crippen molar-refractivity contribution in [3.8, 4) is 0 Å². The highest BCUT2D eigenvalue weighted by Crippen LogP contribution is 2.43. The van der Waals surface area contributed by atoms with E-state index in [1.54, 1.807) is 6.08 Å². The van der Waals surface area contributed by atoms with Crippen LogP contribution in [0.5, 0.6) is 0 Å². The number of hydrogen-bond acceptors (Lipinski definition) is 5. The van der Waals surface area contributed by atoms with E-state index in [0.717, 1.165) is 38.5 Å². The number of quaternary nitrogens is 1. The standard InChI is InChI=1S/C51H101N2O6P/c1-6-8-10-12-14-16-18-20-21-22-23-24-25-26-27-28-29-30-31-32-33-35-37-39-41-43-45-51(55)52-49(48-59-60(56,57)58-47-46-53(3,4)5)50(54)44-42-40-38-36-34-19-17-15-13-11-9-7-2/h34,36,42,44,49-50,54H,6-33,35,37-41,43,45-48H2,1-5H3,(H-,52,55,56,57)/p+1/b36-34+,44-42+. The lowest BCUT2D eigenvalue weighted by Gasteiger charge is -2.25. The molecule has 356 valence electrons. The lowest BCUT2D eigenvalue weighted by Crippen LogP contribution is -2.45. The minimum absolute atomic E-state index is 0.0583. The molecule has 1 amide bonds. The topological polar surface area (TPSA) is 105 Å². The van der Waals surface area contributed by atoms with Gasteiger partial charge < -0.3 is 19.8 Å². The predicted octanol–water partition coefficient (Wildman–Crippen LogP) is 14.9. The Bertz CT molecular complexity index is 1030. The first-order chi connectivity index (χ1) is 29.0. The van der Waals surface area contributed by atoms with Gasteiger partial charge in [0.15, 0.2) is 0 Å². The van der Waals surface area contributed by atoms with E-state index in [1.807, 2.05) is 27.2 Å². The second-order valence-corrected chi connectivity index (χ2v) is 20.4. The van der Waals surface area contributed by atoms with E-state index in [1.165, 1.54) is 186 Å². The molecule has 0 aromatic heterocycles. The van der Waals surface area contributed by atoms with Crippen LogP contribution in [-0.4, -0.2) is 73.4 Å². The summed E-state index contributed by atoms with van der Waals surface area (Å²) in [6.07, 6.45) is 52.8. The first-order valence-corrected chi connectivity index (χ1v) is 27.2. The second kappa shape index (κ2) is 43.2. The van der Waals surface area contributed by atoms with Gasteiger partial charge in [0.25, 0.3) is 0 Å². The first-order valence-electron chi connectivity index (χ1n) is 25.7. The Hall–Kier alpha value is -1.02. The average molecular weight is 870 g/mol. The molecular weight excluding hydrogens is 768 g/mol. The Labute approximate surface area is 373 Å². The Morgan fingerprint density at radius 3 is 1.33 bits per heavy atom. The highest BCUT2D eigenvalue weighted by Gasteiger charge is 2.27. The Morgan fingerprint density at radius 2 is 0.917 bits per heavy atom. The molecule has 3 unspecified atom stereocenters. The number of aliphatic hydroxyl groups excluding tert-OH is 1. The summed E-state index contributed by atoms with van der Waals surface area (Å²) < 4.78 is 23.6. The Balaban J connectivity index is 4.14. The minimum Gasteiger partial charge on any atom is -0.387 e. The zero-order valence-corrected chi connectivity index (χ0v) is 41.4. The van der Waals surface area contributed by atoms with Crippen molar-refractivity contribution in [1.29, 1.82) is 0 Å². The van der Waals surface area contributed by atoms with Gasteiger partial charge in [0.05, 0.1) is 39.9 Å². The van der Waals surface area contributed by atoms with Gasteiger partial charge in [0, 0.05) is 6.42 Å². The smallest absolute Gasteiger partial charge is 0.387 e. The van der Waals surface area contributed by atoms with Crippen LogP contribution in [0.4, 0.5) is 0 Å². The van der Waals surface area contributed by atoms with Gasteiger partial charge in [-0.3, -0.25) is 13.8 Å². The van der Waals surface area contributed by atoms with Crippen molar-refractivity contribution in [2.75, 3.05) is 40.9 Å². The van der Waals surface area contributed by atoms with Crippen LogP contribution in [0.3, 0.4) is 0 Å². The summed E-state index contributed by atoms with van der Waals surface area (Å²) in [6, 6.07) is -0.858. The van der Waals surface area contributed by atoms with Crippen molar-refractivity contribution in [2.24, 2.45) is 0 Å². The predicted molar refractivity (Wildman–Crippen MR) is 258 cm³/mol. The van der Waals surface area contributed by atoms with Gasteiger partial charge >= 0.3 is 7.82 Å². The van der Waals surface area contributed by atoms with Crippen molar-refractivity contribution >= 4 is 13.7 Å². The van der Waals surface area contributed by atoms with Crippen molar-refractivity contribution < 1.29 is 32.9 Å². The number of rotatable bonds is 47. The van der Waals surface area contributed by atoms with Gasteiger partial charge in [-0.15, -0.1) is 0 Å². The van der Waals surface area contributed by atoms with Crippen LogP contribution in [0.15, 0.2) is 24.3 Å². The van der Waals surface area contributed by atoms with E-state index >= 15 is 0 Å². The third-order valence-electron chi connectivity index (χ3n) is 11.7. The molecule has 0 bridgehead atoms. The van der Waals surface area contributed by atoms with Crippen LogP contribution in [0.25, 0.3) is 0 Å². The normalized spacial score (nSPS) is 14.3. The minimum atomic E-state index is -4.34. The number of nitrogens with one attached hydrogen (secondary N) is 1. The number of phosphoric acid groups is 1. The van der Waals surface area contributed by atoms with Crippen LogP contribution in [-0.2, 0) is 18.4 Å². The molecular formula is C51H102N2O6P+. The van der Waals surface area contributed by atoms with Crippen LogP contribution < -0.4 is 5.32 Å². The van der Waals surface area contributed by atoms with Crippen molar-refractivity contribution in [2.45, 2.75) is 257 Å². The molecule has 0 aliphatic rings. The molecule has 0 radical (unpaired) electrons. The van der Waals surface area contributed by atoms with Crippen LogP contribution >= 0.6 is 7.82 Å². The number of likely N-dealkylation sites (N-methyl/N-ethyl adjacent to an activating group) is 1. The molecule has 0 aromatic rings. The number of amides is 1. The van der Waals surface area contributed by atoms with Crippen molar-refractivity contribution in [3.63, 3.8) is 0 Å². The van der Waals surface area contributed by atoms with Crippen molar-refractivity contribution in [1.82, 2.24) is 5.32 Å². The summed E-state index contributed by atoms with van der Waals surface area (Å²) in [5, 5.41) is 13.8. The maximum atomic E-state index is 12.9. The molecule has 0 rings (SSSR count). The molecule has 0 aliphatic carbocycles. The summed E-state index contributed by atoms with van der Waals surface area (Å²) >= 11 is 0. The number of aliphatic hydroxyl groups is 1. The summed E-state index contributed by atoms with van der Waals surface area (Å²) in [5.74, 6) is -0.184. The third kappa shape index (κ3) is 45.0. The van der Waals surface area contributed by atoms with Crippen molar-refractivity contribution in [3.05, 3.63) is 24.3 Å². The highest BCUT2D eigenvalue weighted by atomic mass is 31.2. The highest BCUT2D eigenvalue weighted by molar-refractivity contribution is 7.47. The molecule has 3 atom stereocenters. The van der Waals surface area contributed by atoms with E-state index in [2.05, 4.69) is 31.3 Å². The quantitative estimate of drug-likeness (QED) is 0.0243. The fourth-order valence-electron chi connectivity index (χ4n) is 7.59. The molecule has 0 heterocycles. The SMILES string of the molecule is CCCCCCCC/C=C/CC/C=C/C(O)C(COP(=O)(O)OCC[N+](C)(C)C)NC(=O)CCCCCCCCCCCCCCCCCCCCCCCCCCCC. The summed E-state index contributed by atoms with van der Waals surface area (Å²) in [5.41, 5.74) is 0. The van der Waals surface area contributed by atoms with E-state index in [-0.39, 0.29) is 19.1 Å². The second-order valence-electron chi connectivity index (χ2n) is 18.9. The number of unbranched alkanes of at least 4 members (excludes halogenated alkanes) is 32. The molecule has 0 spiro atoms. The zero-order chi connectivity index (χ0) is 44.3. The molecule has 0 aromatic carbocycles. The monoisotopic (exact) mass is 870 g/mol. The number of carbonyl (C=O) groups is 1. The van der Waals surface area contributed by atoms with Crippen LogP contribution in [0.1, 0.15) is 245 Å². The Morgan fingerprint density at radius 1 is 0.550 bits per heavy atom. The lowest BCUT2D eigenvalue weighted by molar-refractivity contribution is -0.870. The van der Waals surface area contributed by atoms with E-state index in [0.29, 0.717) is 17.4 Å². The Kier molecular flexibility index (Phi) is 42.5. The maximum Gasteiger partial charge on any atom is 0.472 e. The largest absolute Gasteiger partial charge is 0.472 e. The van der Waals surface area contributed by atoms with E-state index < -0.39 is 20.0 Å². The molecule has 3 N–H and O–H groups in total. The number of allylic oxidation sites excluding steroid dienone is 3. The van der Waals surface area contributed by atoms with Gasteiger partial charge in [0.1, 0.15) is 13.2 Å². The van der Waals surface area contributed by atoms with E-state index in [9.17, 15) is 19.4 Å². The molecule has 0 saturated heterocycles. The average Bonchev–Trinajstić information content (AvgIpc) is 3.20. The van der Waals surface area contributed by atoms with Crippen LogP contribution in [0, 0.1) is 0 Å². The number of nitrogens with zero attached hydrogens (tertiary/aromatic N) is 1. The van der Waals surface area contributed by atoms with Gasteiger partial charge in [-0.05, 0) is 32.1 Å².